The van der Waals surface area contributed by atoms with Crippen LogP contribution in [-0.4, -0.2) is 41.7 Å². The second-order valence-corrected chi connectivity index (χ2v) is 7.16. The quantitative estimate of drug-likeness (QED) is 0.910. The number of piperazine rings is 1. The Balaban J connectivity index is 1.34. The molecule has 2 fully saturated rings. The molecule has 2 unspecified atom stereocenters. The van der Waals surface area contributed by atoms with Gasteiger partial charge in [0, 0.05) is 36.9 Å². The summed E-state index contributed by atoms with van der Waals surface area (Å²) in [6.45, 7) is 3.50. The van der Waals surface area contributed by atoms with Crippen molar-refractivity contribution in [2.24, 2.45) is 0 Å². The fraction of sp³-hybridized carbons (Fsp3) is 0.429. The van der Waals surface area contributed by atoms with Gasteiger partial charge in [-0.05, 0) is 49.9 Å². The van der Waals surface area contributed by atoms with Gasteiger partial charge in [-0.25, -0.2) is 0 Å². The van der Waals surface area contributed by atoms with Crippen molar-refractivity contribution in [1.82, 2.24) is 4.90 Å². The molecule has 2 aliphatic rings. The van der Waals surface area contributed by atoms with Gasteiger partial charge in [0.1, 0.15) is 5.75 Å². The number of phenols is 1. The van der Waals surface area contributed by atoms with Gasteiger partial charge in [0.25, 0.3) is 0 Å². The molecule has 24 heavy (non-hydrogen) atoms. The molecule has 0 spiro atoms. The van der Waals surface area contributed by atoms with Crippen molar-refractivity contribution in [2.75, 3.05) is 24.5 Å². The zero-order valence-electron chi connectivity index (χ0n) is 14.1. The van der Waals surface area contributed by atoms with Crippen LogP contribution in [0.1, 0.15) is 24.8 Å². The predicted molar refractivity (Wildman–Crippen MR) is 98.6 cm³/mol. The topological polar surface area (TPSA) is 26.7 Å². The summed E-state index contributed by atoms with van der Waals surface area (Å²) >= 11 is 0. The summed E-state index contributed by atoms with van der Waals surface area (Å²) in [5.41, 5.74) is 2.63. The number of aromatic hydroxyl groups is 1. The Labute approximate surface area is 144 Å². The normalized spacial score (nSPS) is 23.6. The molecule has 1 N–H and O–H groups in total. The SMILES string of the molecule is Oc1cccc(N2C3CCC2CN(CCCc2ccccc2)C3)c1. The largest absolute Gasteiger partial charge is 0.508 e. The first-order chi connectivity index (χ1) is 11.8. The Kier molecular flexibility index (Phi) is 4.44. The van der Waals surface area contributed by atoms with Crippen molar-refractivity contribution < 1.29 is 5.11 Å². The van der Waals surface area contributed by atoms with Crippen molar-refractivity contribution in [2.45, 2.75) is 37.8 Å². The molecule has 2 saturated heterocycles. The van der Waals surface area contributed by atoms with E-state index in [9.17, 15) is 5.11 Å². The Morgan fingerprint density at radius 1 is 0.917 bits per heavy atom. The maximum Gasteiger partial charge on any atom is 0.117 e. The number of hydrogen-bond acceptors (Lipinski definition) is 3. The molecule has 126 valence electrons. The molecule has 2 heterocycles. The minimum absolute atomic E-state index is 0.372. The molecule has 0 saturated carbocycles. The Morgan fingerprint density at radius 3 is 2.38 bits per heavy atom. The monoisotopic (exact) mass is 322 g/mol. The molecule has 2 aliphatic heterocycles. The van der Waals surface area contributed by atoms with Gasteiger partial charge in [0.15, 0.2) is 0 Å². The summed E-state index contributed by atoms with van der Waals surface area (Å²) < 4.78 is 0. The smallest absolute Gasteiger partial charge is 0.117 e. The third kappa shape index (κ3) is 3.27. The van der Waals surface area contributed by atoms with Crippen LogP contribution in [0.5, 0.6) is 5.75 Å². The van der Waals surface area contributed by atoms with Crippen molar-refractivity contribution in [1.29, 1.82) is 0 Å². The van der Waals surface area contributed by atoms with Crippen LogP contribution >= 0.6 is 0 Å². The number of phenolic OH excluding ortho intramolecular Hbond substituents is 1. The van der Waals surface area contributed by atoms with E-state index in [1.54, 1.807) is 6.07 Å². The lowest BCUT2D eigenvalue weighted by Gasteiger charge is -2.42. The molecule has 0 radical (unpaired) electrons. The number of anilines is 1. The Hall–Kier alpha value is -2.00. The third-order valence-corrected chi connectivity index (χ3v) is 5.47. The van der Waals surface area contributed by atoms with E-state index in [1.807, 2.05) is 12.1 Å². The highest BCUT2D eigenvalue weighted by Crippen LogP contribution is 2.36. The van der Waals surface area contributed by atoms with Crippen LogP contribution in [-0.2, 0) is 6.42 Å². The maximum atomic E-state index is 9.78. The molecule has 0 amide bonds. The summed E-state index contributed by atoms with van der Waals surface area (Å²) in [5, 5.41) is 9.78. The number of rotatable bonds is 5. The molecular weight excluding hydrogens is 296 g/mol. The second kappa shape index (κ2) is 6.86. The molecule has 0 aromatic heterocycles. The van der Waals surface area contributed by atoms with Crippen molar-refractivity contribution in [3.05, 3.63) is 60.2 Å². The first-order valence-electron chi connectivity index (χ1n) is 9.13. The molecule has 3 nitrogen and oxygen atoms in total. The summed E-state index contributed by atoms with van der Waals surface area (Å²) in [7, 11) is 0. The number of aryl methyl sites for hydroxylation is 1. The number of benzene rings is 2. The van der Waals surface area contributed by atoms with Crippen LogP contribution in [0.25, 0.3) is 0 Å². The summed E-state index contributed by atoms with van der Waals surface area (Å²) in [6.07, 6.45) is 4.95. The highest BCUT2D eigenvalue weighted by atomic mass is 16.3. The van der Waals surface area contributed by atoms with Gasteiger partial charge < -0.3 is 10.0 Å². The van der Waals surface area contributed by atoms with Gasteiger partial charge in [-0.3, -0.25) is 4.90 Å². The van der Waals surface area contributed by atoms with E-state index < -0.39 is 0 Å². The number of fused-ring (bicyclic) bond motifs is 2. The van der Waals surface area contributed by atoms with Crippen LogP contribution < -0.4 is 4.90 Å². The minimum Gasteiger partial charge on any atom is -0.508 e. The number of likely N-dealkylation sites (tertiary alicyclic amines) is 1. The van der Waals surface area contributed by atoms with E-state index in [4.69, 9.17) is 0 Å². The molecule has 3 heteroatoms. The molecule has 0 aliphatic carbocycles. The molecule has 2 aromatic carbocycles. The van der Waals surface area contributed by atoms with Crippen LogP contribution in [0, 0.1) is 0 Å². The highest BCUT2D eigenvalue weighted by molar-refractivity contribution is 5.53. The van der Waals surface area contributed by atoms with E-state index in [0.717, 1.165) is 13.1 Å². The van der Waals surface area contributed by atoms with Gasteiger partial charge in [0.05, 0.1) is 0 Å². The zero-order valence-corrected chi connectivity index (χ0v) is 14.1. The van der Waals surface area contributed by atoms with Crippen LogP contribution in [0.4, 0.5) is 5.69 Å². The standard InChI is InChI=1S/C21H26N2O/c24-21-10-4-9-18(14-21)23-19-11-12-20(23)16-22(15-19)13-5-8-17-6-2-1-3-7-17/h1-4,6-7,9-10,14,19-20,24H,5,8,11-13,15-16H2. The Morgan fingerprint density at radius 2 is 1.67 bits per heavy atom. The second-order valence-electron chi connectivity index (χ2n) is 7.16. The molecule has 2 atom stereocenters. The lowest BCUT2D eigenvalue weighted by atomic mass is 10.1. The Bertz CT molecular complexity index is 659. The highest BCUT2D eigenvalue weighted by Gasteiger charge is 2.39. The van der Waals surface area contributed by atoms with Gasteiger partial charge >= 0.3 is 0 Å². The maximum absolute atomic E-state index is 9.78. The van der Waals surface area contributed by atoms with Crippen molar-refractivity contribution in [3.63, 3.8) is 0 Å². The number of hydrogen-bond donors (Lipinski definition) is 1. The molecule has 4 rings (SSSR count). The summed E-state index contributed by atoms with van der Waals surface area (Å²) in [5.74, 6) is 0.372. The van der Waals surface area contributed by atoms with Crippen molar-refractivity contribution >= 4 is 5.69 Å². The van der Waals surface area contributed by atoms with Gasteiger partial charge in [-0.15, -0.1) is 0 Å². The zero-order chi connectivity index (χ0) is 16.4. The first kappa shape index (κ1) is 15.5. The predicted octanol–water partition coefficient (Wildman–Crippen LogP) is 3.68. The van der Waals surface area contributed by atoms with Crippen LogP contribution in [0.2, 0.25) is 0 Å². The molecular formula is C21H26N2O. The first-order valence-corrected chi connectivity index (χ1v) is 9.13. The summed E-state index contributed by atoms with van der Waals surface area (Å²) in [6, 6.07) is 19.8. The molecule has 2 aromatic rings. The fourth-order valence-corrected chi connectivity index (χ4v) is 4.40. The molecule has 2 bridgehead atoms. The van der Waals surface area contributed by atoms with Gasteiger partial charge in [-0.1, -0.05) is 36.4 Å². The van der Waals surface area contributed by atoms with Crippen molar-refractivity contribution in [3.8, 4) is 5.75 Å². The lowest BCUT2D eigenvalue weighted by Crippen LogP contribution is -2.54. The minimum atomic E-state index is 0.372. The van der Waals surface area contributed by atoms with Gasteiger partial charge in [-0.2, -0.15) is 0 Å². The summed E-state index contributed by atoms with van der Waals surface area (Å²) in [4.78, 5) is 5.19. The fourth-order valence-electron chi connectivity index (χ4n) is 4.40. The number of nitrogens with zero attached hydrogens (tertiary/aromatic N) is 2. The van der Waals surface area contributed by atoms with E-state index in [-0.39, 0.29) is 0 Å². The van der Waals surface area contributed by atoms with Gasteiger partial charge in [0.2, 0.25) is 0 Å². The average Bonchev–Trinajstić information content (AvgIpc) is 2.87. The third-order valence-electron chi connectivity index (χ3n) is 5.47. The van der Waals surface area contributed by atoms with Crippen LogP contribution in [0.3, 0.4) is 0 Å². The van der Waals surface area contributed by atoms with E-state index in [0.29, 0.717) is 17.8 Å². The average molecular weight is 322 g/mol. The van der Waals surface area contributed by atoms with E-state index in [1.165, 1.54) is 43.5 Å². The van der Waals surface area contributed by atoms with Crippen LogP contribution in [0.15, 0.2) is 54.6 Å². The van der Waals surface area contributed by atoms with E-state index >= 15 is 0 Å². The van der Waals surface area contributed by atoms with E-state index in [2.05, 4.69) is 46.2 Å². The lowest BCUT2D eigenvalue weighted by molar-refractivity contribution is 0.217.